The van der Waals surface area contributed by atoms with E-state index in [4.69, 9.17) is 15.9 Å². The molecule has 0 spiro atoms. The first-order valence-corrected chi connectivity index (χ1v) is 5.36. The number of hydrogen-bond acceptors (Lipinski definition) is 4. The molecule has 106 valence electrons. The van der Waals surface area contributed by atoms with Crippen LogP contribution < -0.4 is 10.5 Å². The Kier molecular flexibility index (Phi) is 3.35. The number of nitrogens with two attached hydrogens (primary N) is 1. The van der Waals surface area contributed by atoms with Gasteiger partial charge in [0.1, 0.15) is 17.9 Å². The van der Waals surface area contributed by atoms with Crippen molar-refractivity contribution >= 4 is 5.84 Å². The number of nitrogens with one attached hydrogen (secondary N) is 1. The monoisotopic (exact) mass is 285 g/mol. The van der Waals surface area contributed by atoms with Crippen LogP contribution in [0, 0.1) is 5.41 Å². The number of hydrogen-bond donors (Lipinski definition) is 2. The lowest BCUT2D eigenvalue weighted by molar-refractivity contribution is -0.137. The van der Waals surface area contributed by atoms with E-state index in [2.05, 4.69) is 10.1 Å². The molecule has 20 heavy (non-hydrogen) atoms. The lowest BCUT2D eigenvalue weighted by Gasteiger charge is -2.13. The number of aryl methyl sites for hydroxylation is 1. The van der Waals surface area contributed by atoms with Crippen molar-refractivity contribution in [1.82, 2.24) is 14.8 Å². The van der Waals surface area contributed by atoms with Gasteiger partial charge in [-0.25, -0.2) is 0 Å². The van der Waals surface area contributed by atoms with Gasteiger partial charge < -0.3 is 10.5 Å². The van der Waals surface area contributed by atoms with Crippen LogP contribution in [0.5, 0.6) is 11.8 Å². The number of alkyl halides is 3. The second-order valence-electron chi connectivity index (χ2n) is 3.92. The second kappa shape index (κ2) is 4.83. The van der Waals surface area contributed by atoms with Gasteiger partial charge in [0.05, 0.1) is 5.56 Å². The number of rotatable bonds is 3. The minimum Gasteiger partial charge on any atom is -0.423 e. The molecule has 0 atom stereocenters. The van der Waals surface area contributed by atoms with Crippen molar-refractivity contribution in [2.75, 3.05) is 0 Å². The first-order chi connectivity index (χ1) is 9.27. The number of nitrogen functional groups attached to an aromatic ring is 1. The Morgan fingerprint density at radius 3 is 2.60 bits per heavy atom. The van der Waals surface area contributed by atoms with E-state index in [0.29, 0.717) is 0 Å². The molecule has 0 aliphatic carbocycles. The van der Waals surface area contributed by atoms with E-state index in [0.717, 1.165) is 12.1 Å². The van der Waals surface area contributed by atoms with Gasteiger partial charge in [0.25, 0.3) is 0 Å². The van der Waals surface area contributed by atoms with E-state index in [-0.39, 0.29) is 11.8 Å². The second-order valence-corrected chi connectivity index (χ2v) is 3.92. The molecule has 2 rings (SSSR count). The third-order valence-electron chi connectivity index (χ3n) is 2.37. The van der Waals surface area contributed by atoms with Gasteiger partial charge in [0.15, 0.2) is 0 Å². The molecule has 0 aliphatic heterocycles. The summed E-state index contributed by atoms with van der Waals surface area (Å²) in [6.07, 6.45) is -3.29. The molecule has 1 aromatic heterocycles. The lowest BCUT2D eigenvalue weighted by atomic mass is 10.1. The van der Waals surface area contributed by atoms with Crippen LogP contribution in [-0.2, 0) is 13.2 Å². The first kappa shape index (κ1) is 13.8. The SMILES string of the molecule is Cn1cnc(Oc2ccc(C(=N)N)c(C(F)(F)F)c2)n1. The molecule has 9 heteroatoms. The maximum Gasteiger partial charge on any atom is 0.417 e. The summed E-state index contributed by atoms with van der Waals surface area (Å²) in [7, 11) is 1.60. The minimum absolute atomic E-state index is 0.0730. The van der Waals surface area contributed by atoms with Crippen LogP contribution >= 0.6 is 0 Å². The summed E-state index contributed by atoms with van der Waals surface area (Å²) in [5.74, 6) is -0.756. The van der Waals surface area contributed by atoms with Crippen molar-refractivity contribution < 1.29 is 17.9 Å². The summed E-state index contributed by atoms with van der Waals surface area (Å²) in [6, 6.07) is 3.02. The molecule has 3 N–H and O–H groups in total. The average Bonchev–Trinajstić information content (AvgIpc) is 2.73. The van der Waals surface area contributed by atoms with Gasteiger partial charge in [0.2, 0.25) is 0 Å². The lowest BCUT2D eigenvalue weighted by Crippen LogP contribution is -2.18. The summed E-state index contributed by atoms with van der Waals surface area (Å²) >= 11 is 0. The maximum atomic E-state index is 12.9. The minimum atomic E-state index is -4.64. The molecule has 0 amide bonds. The van der Waals surface area contributed by atoms with Crippen LogP contribution in [0.2, 0.25) is 0 Å². The van der Waals surface area contributed by atoms with Crippen molar-refractivity contribution in [1.29, 1.82) is 5.41 Å². The fourth-order valence-corrected chi connectivity index (χ4v) is 1.53. The van der Waals surface area contributed by atoms with E-state index >= 15 is 0 Å². The first-order valence-electron chi connectivity index (χ1n) is 5.36. The number of amidine groups is 1. The molecule has 0 fully saturated rings. The molecule has 0 saturated carbocycles. The Morgan fingerprint density at radius 1 is 1.40 bits per heavy atom. The number of benzene rings is 1. The Balaban J connectivity index is 2.39. The molecule has 1 heterocycles. The highest BCUT2D eigenvalue weighted by Crippen LogP contribution is 2.35. The Bertz CT molecular complexity index is 650. The summed E-state index contributed by atoms with van der Waals surface area (Å²) in [6.45, 7) is 0. The third-order valence-corrected chi connectivity index (χ3v) is 2.37. The molecule has 0 bridgehead atoms. The topological polar surface area (TPSA) is 89.8 Å². The normalized spacial score (nSPS) is 11.4. The van der Waals surface area contributed by atoms with Crippen LogP contribution in [0.1, 0.15) is 11.1 Å². The molecule has 2 aromatic rings. The van der Waals surface area contributed by atoms with E-state index in [1.807, 2.05) is 0 Å². The van der Waals surface area contributed by atoms with Crippen LogP contribution in [0.15, 0.2) is 24.5 Å². The van der Waals surface area contributed by atoms with Gasteiger partial charge >= 0.3 is 12.2 Å². The van der Waals surface area contributed by atoms with Gasteiger partial charge in [-0.2, -0.15) is 18.2 Å². The quantitative estimate of drug-likeness (QED) is 0.666. The van der Waals surface area contributed by atoms with Crippen LogP contribution in [0.25, 0.3) is 0 Å². The molecular weight excluding hydrogens is 275 g/mol. The van der Waals surface area contributed by atoms with Crippen molar-refractivity contribution in [2.24, 2.45) is 12.8 Å². The molecule has 1 aromatic carbocycles. The number of ether oxygens (including phenoxy) is 1. The fraction of sp³-hybridized carbons (Fsp3) is 0.182. The predicted octanol–water partition coefficient (Wildman–Crippen LogP) is 1.91. The van der Waals surface area contributed by atoms with Gasteiger partial charge in [-0.05, 0) is 18.2 Å². The third kappa shape index (κ3) is 2.87. The van der Waals surface area contributed by atoms with Crippen molar-refractivity contribution in [3.8, 4) is 11.8 Å². The van der Waals surface area contributed by atoms with Crippen LogP contribution in [-0.4, -0.2) is 20.6 Å². The Morgan fingerprint density at radius 2 is 2.10 bits per heavy atom. The van der Waals surface area contributed by atoms with Gasteiger partial charge in [-0.15, -0.1) is 5.10 Å². The van der Waals surface area contributed by atoms with Crippen molar-refractivity contribution in [3.63, 3.8) is 0 Å². The number of aromatic nitrogens is 3. The predicted molar refractivity (Wildman–Crippen MR) is 63.5 cm³/mol. The zero-order chi connectivity index (χ0) is 14.9. The highest BCUT2D eigenvalue weighted by atomic mass is 19.4. The van der Waals surface area contributed by atoms with Gasteiger partial charge in [-0.1, -0.05) is 0 Å². The zero-order valence-electron chi connectivity index (χ0n) is 10.3. The van der Waals surface area contributed by atoms with Gasteiger partial charge in [0, 0.05) is 12.6 Å². The maximum absolute atomic E-state index is 12.9. The summed E-state index contributed by atoms with van der Waals surface area (Å²) in [5.41, 5.74) is 3.68. The highest BCUT2D eigenvalue weighted by molar-refractivity contribution is 5.96. The number of nitrogens with zero attached hydrogens (tertiary/aromatic N) is 3. The van der Waals surface area contributed by atoms with Crippen molar-refractivity contribution in [3.05, 3.63) is 35.7 Å². The molecule has 0 radical (unpaired) electrons. The largest absolute Gasteiger partial charge is 0.423 e. The van der Waals surface area contributed by atoms with Gasteiger partial charge in [-0.3, -0.25) is 10.1 Å². The summed E-state index contributed by atoms with van der Waals surface area (Å²) in [4.78, 5) is 3.74. The summed E-state index contributed by atoms with van der Waals surface area (Å²) < 4.78 is 45.1. The Labute approximate surface area is 111 Å². The van der Waals surface area contributed by atoms with E-state index in [1.54, 1.807) is 7.05 Å². The standard InChI is InChI=1S/C11H10F3N5O/c1-19-5-17-10(18-19)20-6-2-3-7(9(15)16)8(4-6)11(12,13)14/h2-5H,1H3,(H3,15,16). The molecule has 0 aliphatic rings. The van der Waals surface area contributed by atoms with Crippen molar-refractivity contribution in [2.45, 2.75) is 6.18 Å². The zero-order valence-corrected chi connectivity index (χ0v) is 10.3. The smallest absolute Gasteiger partial charge is 0.417 e. The average molecular weight is 285 g/mol. The number of halogens is 3. The molecule has 6 nitrogen and oxygen atoms in total. The van der Waals surface area contributed by atoms with E-state index in [1.165, 1.54) is 17.1 Å². The highest BCUT2D eigenvalue weighted by Gasteiger charge is 2.34. The van der Waals surface area contributed by atoms with Crippen LogP contribution in [0.4, 0.5) is 13.2 Å². The van der Waals surface area contributed by atoms with E-state index in [9.17, 15) is 13.2 Å². The van der Waals surface area contributed by atoms with Crippen LogP contribution in [0.3, 0.4) is 0 Å². The summed E-state index contributed by atoms with van der Waals surface area (Å²) in [5, 5.41) is 11.0. The molecular formula is C11H10F3N5O. The Hall–Kier alpha value is -2.58. The van der Waals surface area contributed by atoms with E-state index < -0.39 is 23.1 Å². The molecule has 0 saturated heterocycles. The molecule has 0 unspecified atom stereocenters. The fourth-order valence-electron chi connectivity index (χ4n) is 1.53.